The van der Waals surface area contributed by atoms with Crippen molar-refractivity contribution in [3.05, 3.63) is 36.3 Å². The fourth-order valence-corrected chi connectivity index (χ4v) is 2.38. The molecule has 1 aliphatic carbocycles. The lowest BCUT2D eigenvalue weighted by molar-refractivity contribution is 1.14. The Bertz CT molecular complexity index is 757. The maximum atomic E-state index is 5.90. The number of nitrogen functional groups attached to an aromatic ring is 1. The Morgan fingerprint density at radius 1 is 1.26 bits per heavy atom. The van der Waals surface area contributed by atoms with Crippen molar-refractivity contribution in [2.75, 3.05) is 5.73 Å². The quantitative estimate of drug-likeness (QED) is 0.733. The maximum Gasteiger partial charge on any atom is 0.156 e. The fraction of sp³-hybridized carbons (Fsp3) is 0.214. The Morgan fingerprint density at radius 3 is 2.95 bits per heavy atom. The number of pyridine rings is 1. The van der Waals surface area contributed by atoms with Crippen molar-refractivity contribution in [2.45, 2.75) is 18.8 Å². The van der Waals surface area contributed by atoms with Gasteiger partial charge in [0.05, 0.1) is 11.9 Å². The molecule has 0 unspecified atom stereocenters. The topological polar surface area (TPSA) is 80.5 Å². The van der Waals surface area contributed by atoms with Gasteiger partial charge in [0.25, 0.3) is 0 Å². The molecule has 1 aliphatic rings. The Balaban J connectivity index is 1.91. The minimum Gasteiger partial charge on any atom is -0.383 e. The van der Waals surface area contributed by atoms with Crippen LogP contribution in [-0.4, -0.2) is 19.9 Å². The molecule has 0 saturated heterocycles. The van der Waals surface area contributed by atoms with Gasteiger partial charge in [-0.3, -0.25) is 0 Å². The van der Waals surface area contributed by atoms with Crippen molar-refractivity contribution < 1.29 is 0 Å². The highest BCUT2D eigenvalue weighted by Crippen LogP contribution is 2.42. The Hall–Kier alpha value is -2.43. The molecule has 4 rings (SSSR count). The number of anilines is 1. The summed E-state index contributed by atoms with van der Waals surface area (Å²) in [5.74, 6) is 1.13. The summed E-state index contributed by atoms with van der Waals surface area (Å²) in [4.78, 5) is 16.4. The van der Waals surface area contributed by atoms with Gasteiger partial charge in [-0.2, -0.15) is 0 Å². The highest BCUT2D eigenvalue weighted by molar-refractivity contribution is 5.80. The third kappa shape index (κ3) is 1.66. The van der Waals surface area contributed by atoms with Gasteiger partial charge in [0, 0.05) is 23.5 Å². The van der Waals surface area contributed by atoms with E-state index in [9.17, 15) is 0 Å². The van der Waals surface area contributed by atoms with E-state index < -0.39 is 0 Å². The number of nitrogens with one attached hydrogen (secondary N) is 1. The number of fused-ring (bicyclic) bond motifs is 1. The molecule has 0 radical (unpaired) electrons. The lowest BCUT2D eigenvalue weighted by Gasteiger charge is -2.03. The zero-order chi connectivity index (χ0) is 12.8. The van der Waals surface area contributed by atoms with Gasteiger partial charge < -0.3 is 10.7 Å². The summed E-state index contributed by atoms with van der Waals surface area (Å²) >= 11 is 0. The van der Waals surface area contributed by atoms with Gasteiger partial charge in [-0.1, -0.05) is 0 Å². The zero-order valence-electron chi connectivity index (χ0n) is 10.3. The summed E-state index contributed by atoms with van der Waals surface area (Å²) in [5, 5.41) is 0. The van der Waals surface area contributed by atoms with Crippen molar-refractivity contribution >= 4 is 17.0 Å². The van der Waals surface area contributed by atoms with E-state index in [0.717, 1.165) is 22.4 Å². The monoisotopic (exact) mass is 251 g/mol. The molecule has 0 bridgehead atoms. The predicted octanol–water partition coefficient (Wildman–Crippen LogP) is 2.48. The smallest absolute Gasteiger partial charge is 0.156 e. The van der Waals surface area contributed by atoms with Gasteiger partial charge in [-0.15, -0.1) is 0 Å². The van der Waals surface area contributed by atoms with Gasteiger partial charge >= 0.3 is 0 Å². The number of nitrogens with zero attached hydrogens (tertiary/aromatic N) is 3. The second-order valence-electron chi connectivity index (χ2n) is 4.91. The SMILES string of the molecule is Nc1ncccc1-c1cnc2[nH]cc(C3CC3)c2n1. The molecule has 0 spiro atoms. The van der Waals surface area contributed by atoms with Crippen LogP contribution in [0.5, 0.6) is 0 Å². The first-order chi connectivity index (χ1) is 9.33. The average Bonchev–Trinajstić information content (AvgIpc) is 3.19. The van der Waals surface area contributed by atoms with E-state index in [0.29, 0.717) is 11.7 Å². The molecular formula is C14H13N5. The minimum atomic E-state index is 0.486. The van der Waals surface area contributed by atoms with E-state index in [4.69, 9.17) is 10.7 Å². The molecule has 5 nitrogen and oxygen atoms in total. The van der Waals surface area contributed by atoms with Crippen LogP contribution in [0.1, 0.15) is 24.3 Å². The first-order valence-corrected chi connectivity index (χ1v) is 6.38. The molecule has 0 aliphatic heterocycles. The third-order valence-electron chi connectivity index (χ3n) is 3.54. The summed E-state index contributed by atoms with van der Waals surface area (Å²) in [6.07, 6.45) is 7.93. The molecule has 0 aromatic carbocycles. The molecule has 3 aromatic rings. The van der Waals surface area contributed by atoms with E-state index in [-0.39, 0.29) is 0 Å². The van der Waals surface area contributed by atoms with Crippen molar-refractivity contribution in [2.24, 2.45) is 0 Å². The molecule has 94 valence electrons. The Morgan fingerprint density at radius 2 is 2.16 bits per heavy atom. The average molecular weight is 251 g/mol. The number of H-pyrrole nitrogens is 1. The van der Waals surface area contributed by atoms with E-state index >= 15 is 0 Å². The van der Waals surface area contributed by atoms with Crippen LogP contribution in [-0.2, 0) is 0 Å². The number of hydrogen-bond donors (Lipinski definition) is 2. The van der Waals surface area contributed by atoms with Crippen LogP contribution in [0.15, 0.2) is 30.7 Å². The molecular weight excluding hydrogens is 238 g/mol. The number of aromatic nitrogens is 4. The zero-order valence-corrected chi connectivity index (χ0v) is 10.3. The standard InChI is InChI=1S/C14H13N5/c15-13-9(2-1-5-16-13)11-7-18-14-12(19-11)10(6-17-14)8-3-4-8/h1-2,5-8H,3-4H2,(H2,15,16)(H,17,18). The molecule has 3 aromatic heterocycles. The largest absolute Gasteiger partial charge is 0.383 e. The second-order valence-corrected chi connectivity index (χ2v) is 4.91. The van der Waals surface area contributed by atoms with Gasteiger partial charge in [-0.25, -0.2) is 15.0 Å². The molecule has 1 saturated carbocycles. The predicted molar refractivity (Wildman–Crippen MR) is 73.5 cm³/mol. The molecule has 0 amide bonds. The molecule has 1 fully saturated rings. The Kier molecular flexibility index (Phi) is 2.09. The van der Waals surface area contributed by atoms with Crippen LogP contribution in [0, 0.1) is 0 Å². The van der Waals surface area contributed by atoms with Crippen LogP contribution in [0.3, 0.4) is 0 Å². The van der Waals surface area contributed by atoms with Gasteiger partial charge in [0.1, 0.15) is 11.3 Å². The second kappa shape index (κ2) is 3.78. The summed E-state index contributed by atoms with van der Waals surface area (Å²) in [6, 6.07) is 3.78. The van der Waals surface area contributed by atoms with E-state index in [1.807, 2.05) is 18.3 Å². The van der Waals surface area contributed by atoms with Crippen molar-refractivity contribution in [3.63, 3.8) is 0 Å². The van der Waals surface area contributed by atoms with Crippen molar-refractivity contribution in [3.8, 4) is 11.3 Å². The first kappa shape index (κ1) is 10.5. The molecule has 5 heteroatoms. The van der Waals surface area contributed by atoms with E-state index in [1.165, 1.54) is 18.4 Å². The summed E-state index contributed by atoms with van der Waals surface area (Å²) in [5.41, 5.74) is 10.6. The molecule has 3 N–H and O–H groups in total. The van der Waals surface area contributed by atoms with Crippen LogP contribution < -0.4 is 5.73 Å². The molecule has 19 heavy (non-hydrogen) atoms. The van der Waals surface area contributed by atoms with Crippen LogP contribution in [0.2, 0.25) is 0 Å². The first-order valence-electron chi connectivity index (χ1n) is 6.38. The summed E-state index contributed by atoms with van der Waals surface area (Å²) < 4.78 is 0. The summed E-state index contributed by atoms with van der Waals surface area (Å²) in [6.45, 7) is 0. The normalized spacial score (nSPS) is 14.9. The number of hydrogen-bond acceptors (Lipinski definition) is 4. The van der Waals surface area contributed by atoms with Crippen LogP contribution in [0.4, 0.5) is 5.82 Å². The highest BCUT2D eigenvalue weighted by Gasteiger charge is 2.27. The third-order valence-corrected chi connectivity index (χ3v) is 3.54. The highest BCUT2D eigenvalue weighted by atomic mass is 14.9. The maximum absolute atomic E-state index is 5.90. The van der Waals surface area contributed by atoms with Crippen molar-refractivity contribution in [1.29, 1.82) is 0 Å². The van der Waals surface area contributed by atoms with Gasteiger partial charge in [0.2, 0.25) is 0 Å². The van der Waals surface area contributed by atoms with Crippen LogP contribution in [0.25, 0.3) is 22.4 Å². The number of nitrogens with two attached hydrogens (primary N) is 1. The van der Waals surface area contributed by atoms with Crippen LogP contribution >= 0.6 is 0 Å². The van der Waals surface area contributed by atoms with Gasteiger partial charge in [0.15, 0.2) is 5.65 Å². The fourth-order valence-electron chi connectivity index (χ4n) is 2.38. The van der Waals surface area contributed by atoms with E-state index in [1.54, 1.807) is 12.4 Å². The lowest BCUT2D eigenvalue weighted by atomic mass is 10.1. The number of rotatable bonds is 2. The number of aromatic amines is 1. The molecule has 0 atom stereocenters. The summed E-state index contributed by atoms with van der Waals surface area (Å²) in [7, 11) is 0. The van der Waals surface area contributed by atoms with Crippen molar-refractivity contribution in [1.82, 2.24) is 19.9 Å². The minimum absolute atomic E-state index is 0.486. The Labute approximate surface area is 109 Å². The molecule has 3 heterocycles. The lowest BCUT2D eigenvalue weighted by Crippen LogP contribution is -1.96. The van der Waals surface area contributed by atoms with E-state index in [2.05, 4.69) is 15.0 Å². The van der Waals surface area contributed by atoms with Gasteiger partial charge in [-0.05, 0) is 30.9 Å².